The summed E-state index contributed by atoms with van der Waals surface area (Å²) in [6.07, 6.45) is 0. The number of nitrogens with one attached hydrogen (secondary N) is 3. The Labute approximate surface area is 121 Å². The molecule has 19 heavy (non-hydrogen) atoms. The molecule has 1 unspecified atom stereocenters. The zero-order valence-corrected chi connectivity index (χ0v) is 12.5. The van der Waals surface area contributed by atoms with E-state index in [1.807, 2.05) is 32.0 Å². The van der Waals surface area contributed by atoms with Gasteiger partial charge in [-0.2, -0.15) is 0 Å². The molecule has 0 saturated carbocycles. The fourth-order valence-electron chi connectivity index (χ4n) is 1.75. The number of benzene rings is 1. The van der Waals surface area contributed by atoms with E-state index < -0.39 is 0 Å². The molecule has 1 amide bonds. The van der Waals surface area contributed by atoms with E-state index in [4.69, 9.17) is 0 Å². The molecule has 0 bridgehead atoms. The Kier molecular flexibility index (Phi) is 4.42. The van der Waals surface area contributed by atoms with Crippen molar-refractivity contribution in [3.63, 3.8) is 0 Å². The van der Waals surface area contributed by atoms with Crippen LogP contribution in [-0.2, 0) is 4.79 Å². The summed E-state index contributed by atoms with van der Waals surface area (Å²) >= 11 is 3.39. The number of nitrogens with zero attached hydrogens (tertiary/aromatic N) is 1. The van der Waals surface area contributed by atoms with Crippen LogP contribution in [-0.4, -0.2) is 31.0 Å². The maximum Gasteiger partial charge on any atom is 0.243 e. The predicted octanol–water partition coefficient (Wildman–Crippen LogP) is 1.63. The van der Waals surface area contributed by atoms with Crippen molar-refractivity contribution in [1.29, 1.82) is 0 Å². The van der Waals surface area contributed by atoms with Gasteiger partial charge in [-0.1, -0.05) is 22.0 Å². The molecule has 1 aromatic rings. The van der Waals surface area contributed by atoms with Gasteiger partial charge in [-0.3, -0.25) is 9.79 Å². The molecule has 0 aliphatic carbocycles. The highest BCUT2D eigenvalue weighted by Crippen LogP contribution is 2.20. The minimum Gasteiger partial charge on any atom is -0.352 e. The minimum absolute atomic E-state index is 0.0924. The van der Waals surface area contributed by atoms with Crippen molar-refractivity contribution >= 4 is 33.5 Å². The molecule has 0 spiro atoms. The molecule has 2 rings (SSSR count). The van der Waals surface area contributed by atoms with Crippen LogP contribution in [0.25, 0.3) is 0 Å². The third-order valence-electron chi connectivity index (χ3n) is 2.80. The summed E-state index contributed by atoms with van der Waals surface area (Å²) in [5.41, 5.74) is 1.84. The molecular weight excluding hydrogens is 308 g/mol. The summed E-state index contributed by atoms with van der Waals surface area (Å²) in [6.45, 7) is 4.95. The molecule has 1 heterocycles. The maximum atomic E-state index is 11.8. The number of aliphatic imine (C=N–C) groups is 1. The Morgan fingerprint density at radius 2 is 2.37 bits per heavy atom. The molecule has 0 aromatic heterocycles. The number of hydrogen-bond acceptors (Lipinski definition) is 4. The van der Waals surface area contributed by atoms with E-state index in [0.717, 1.165) is 22.3 Å². The number of carbonyl (C=O) groups excluding carboxylic acids is 1. The predicted molar refractivity (Wildman–Crippen MR) is 80.4 cm³/mol. The lowest BCUT2D eigenvalue weighted by Crippen LogP contribution is -2.41. The zero-order chi connectivity index (χ0) is 13.8. The third-order valence-corrected chi connectivity index (χ3v) is 3.29. The summed E-state index contributed by atoms with van der Waals surface area (Å²) in [4.78, 5) is 16.1. The van der Waals surface area contributed by atoms with Crippen molar-refractivity contribution in [2.24, 2.45) is 4.99 Å². The van der Waals surface area contributed by atoms with E-state index in [9.17, 15) is 4.79 Å². The first-order valence-electron chi connectivity index (χ1n) is 6.15. The van der Waals surface area contributed by atoms with Crippen LogP contribution in [0.4, 0.5) is 5.69 Å². The van der Waals surface area contributed by atoms with E-state index in [1.165, 1.54) is 0 Å². The van der Waals surface area contributed by atoms with Crippen molar-refractivity contribution in [2.75, 3.05) is 18.4 Å². The number of guanidine groups is 1. The number of amides is 1. The highest BCUT2D eigenvalue weighted by molar-refractivity contribution is 9.10. The second-order valence-electron chi connectivity index (χ2n) is 4.60. The first kappa shape index (κ1) is 13.9. The van der Waals surface area contributed by atoms with Gasteiger partial charge in [-0.25, -0.2) is 0 Å². The van der Waals surface area contributed by atoms with Crippen LogP contribution in [0.2, 0.25) is 0 Å². The molecule has 0 fully saturated rings. The van der Waals surface area contributed by atoms with Crippen LogP contribution in [0.5, 0.6) is 0 Å². The Hall–Kier alpha value is -1.56. The third kappa shape index (κ3) is 3.96. The Bertz CT molecular complexity index is 515. The van der Waals surface area contributed by atoms with Gasteiger partial charge >= 0.3 is 0 Å². The largest absolute Gasteiger partial charge is 0.352 e. The van der Waals surface area contributed by atoms with Gasteiger partial charge in [0.2, 0.25) is 5.91 Å². The molecule has 5 nitrogen and oxygen atoms in total. The molecule has 1 aromatic carbocycles. The summed E-state index contributed by atoms with van der Waals surface area (Å²) in [7, 11) is 0. The lowest BCUT2D eigenvalue weighted by molar-refractivity contribution is -0.115. The second-order valence-corrected chi connectivity index (χ2v) is 5.51. The highest BCUT2D eigenvalue weighted by atomic mass is 79.9. The molecular formula is C13H17BrN4O. The zero-order valence-electron chi connectivity index (χ0n) is 11.0. The smallest absolute Gasteiger partial charge is 0.243 e. The highest BCUT2D eigenvalue weighted by Gasteiger charge is 2.13. The van der Waals surface area contributed by atoms with Gasteiger partial charge in [0, 0.05) is 16.2 Å². The molecule has 0 saturated heterocycles. The standard InChI is InChI=1S/C13H17BrN4O/c1-8-3-4-10(14)5-11(8)18-12(19)7-16-13-15-6-9(2)17-13/h3-5,9H,6-7H2,1-2H3,(H,18,19)(H2,15,16,17). The first-order chi connectivity index (χ1) is 9.04. The Balaban J connectivity index is 1.86. The van der Waals surface area contributed by atoms with Gasteiger partial charge in [0.25, 0.3) is 0 Å². The van der Waals surface area contributed by atoms with E-state index in [1.54, 1.807) is 0 Å². The van der Waals surface area contributed by atoms with Crippen molar-refractivity contribution in [3.8, 4) is 0 Å². The first-order valence-corrected chi connectivity index (χ1v) is 6.95. The maximum absolute atomic E-state index is 11.8. The van der Waals surface area contributed by atoms with E-state index in [0.29, 0.717) is 12.0 Å². The van der Waals surface area contributed by atoms with Crippen LogP contribution in [0.3, 0.4) is 0 Å². The van der Waals surface area contributed by atoms with Crippen LogP contribution in [0.15, 0.2) is 27.7 Å². The molecule has 0 radical (unpaired) electrons. The summed E-state index contributed by atoms with van der Waals surface area (Å²) in [6, 6.07) is 6.12. The monoisotopic (exact) mass is 324 g/mol. The fraction of sp³-hybridized carbons (Fsp3) is 0.385. The average Bonchev–Trinajstić information content (AvgIpc) is 2.77. The van der Waals surface area contributed by atoms with Crippen molar-refractivity contribution in [2.45, 2.75) is 19.9 Å². The topological polar surface area (TPSA) is 65.5 Å². The quantitative estimate of drug-likeness (QED) is 0.791. The molecule has 1 aliphatic heterocycles. The van der Waals surface area contributed by atoms with Gasteiger partial charge in [-0.15, -0.1) is 0 Å². The number of rotatable bonds is 3. The van der Waals surface area contributed by atoms with Crippen LogP contribution < -0.4 is 16.0 Å². The number of carbonyl (C=O) groups is 1. The fourth-order valence-corrected chi connectivity index (χ4v) is 2.11. The second kappa shape index (κ2) is 6.06. The lowest BCUT2D eigenvalue weighted by atomic mass is 10.2. The number of aryl methyl sites for hydroxylation is 1. The van der Waals surface area contributed by atoms with E-state index in [2.05, 4.69) is 36.9 Å². The van der Waals surface area contributed by atoms with Crippen molar-refractivity contribution in [3.05, 3.63) is 28.2 Å². The Morgan fingerprint density at radius 3 is 3.05 bits per heavy atom. The SMILES string of the molecule is Cc1ccc(Br)cc1NC(=O)CNC1=NCC(C)N1. The average molecular weight is 325 g/mol. The van der Waals surface area contributed by atoms with Crippen LogP contribution in [0, 0.1) is 6.92 Å². The minimum atomic E-state index is -0.0924. The van der Waals surface area contributed by atoms with E-state index >= 15 is 0 Å². The Morgan fingerprint density at radius 1 is 1.58 bits per heavy atom. The summed E-state index contributed by atoms with van der Waals surface area (Å²) in [5.74, 6) is 0.596. The van der Waals surface area contributed by atoms with Crippen LogP contribution >= 0.6 is 15.9 Å². The van der Waals surface area contributed by atoms with Gasteiger partial charge in [-0.05, 0) is 31.5 Å². The molecule has 102 valence electrons. The van der Waals surface area contributed by atoms with Crippen molar-refractivity contribution in [1.82, 2.24) is 10.6 Å². The van der Waals surface area contributed by atoms with Crippen LogP contribution in [0.1, 0.15) is 12.5 Å². The number of halogens is 1. The van der Waals surface area contributed by atoms with Gasteiger partial charge in [0.1, 0.15) is 0 Å². The molecule has 1 aliphatic rings. The molecule has 1 atom stereocenters. The summed E-state index contributed by atoms with van der Waals surface area (Å²) in [5, 5.41) is 9.00. The molecule has 6 heteroatoms. The normalized spacial score (nSPS) is 17.6. The summed E-state index contributed by atoms with van der Waals surface area (Å²) < 4.78 is 0.942. The number of anilines is 1. The van der Waals surface area contributed by atoms with Gasteiger partial charge in [0.15, 0.2) is 5.96 Å². The lowest BCUT2D eigenvalue weighted by Gasteiger charge is -2.11. The van der Waals surface area contributed by atoms with Crippen molar-refractivity contribution < 1.29 is 4.79 Å². The molecule has 3 N–H and O–H groups in total. The van der Waals surface area contributed by atoms with Gasteiger partial charge < -0.3 is 16.0 Å². The van der Waals surface area contributed by atoms with Gasteiger partial charge in [0.05, 0.1) is 13.1 Å². The van der Waals surface area contributed by atoms with E-state index in [-0.39, 0.29) is 12.5 Å². The number of hydrogen-bond donors (Lipinski definition) is 3.